The van der Waals surface area contributed by atoms with Crippen LogP contribution in [0.15, 0.2) is 30.3 Å². The molecule has 2 amide bonds. The maximum atomic E-state index is 13.8. The molecule has 1 unspecified atom stereocenters. The summed E-state index contributed by atoms with van der Waals surface area (Å²) in [6, 6.07) is 7.45. The van der Waals surface area contributed by atoms with E-state index in [0.717, 1.165) is 11.6 Å². The third-order valence-corrected chi connectivity index (χ3v) is 5.86. The Kier molecular flexibility index (Phi) is 5.63. The number of benzene rings is 1. The number of para-hydroxylation sites is 1. The molecule has 4 rings (SSSR count). The highest BCUT2D eigenvalue weighted by Crippen LogP contribution is 2.37. The Morgan fingerprint density at radius 2 is 1.97 bits per heavy atom. The average molecular weight is 459 g/mol. The minimum atomic E-state index is -4.59. The molecular weight excluding hydrogens is 435 g/mol. The molecule has 1 atom stereocenters. The van der Waals surface area contributed by atoms with Gasteiger partial charge in [-0.05, 0) is 37.5 Å². The van der Waals surface area contributed by atoms with Crippen molar-refractivity contribution >= 4 is 28.5 Å². The van der Waals surface area contributed by atoms with Gasteiger partial charge in [-0.1, -0.05) is 32.0 Å². The zero-order valence-corrected chi connectivity index (χ0v) is 18.7. The molecule has 1 aliphatic heterocycles. The maximum Gasteiger partial charge on any atom is 0.417 e. The van der Waals surface area contributed by atoms with Crippen LogP contribution in [0.4, 0.5) is 18.9 Å². The van der Waals surface area contributed by atoms with Gasteiger partial charge in [-0.15, -0.1) is 0 Å². The van der Waals surface area contributed by atoms with Crippen molar-refractivity contribution in [1.82, 2.24) is 19.7 Å². The number of amides is 2. The van der Waals surface area contributed by atoms with Crippen LogP contribution in [-0.2, 0) is 28.9 Å². The third-order valence-electron chi connectivity index (χ3n) is 5.86. The van der Waals surface area contributed by atoms with Gasteiger partial charge in [-0.25, -0.2) is 9.67 Å². The number of halogens is 3. The topological polar surface area (TPSA) is 80.1 Å². The molecule has 1 aliphatic rings. The molecule has 0 saturated heterocycles. The predicted octanol–water partition coefficient (Wildman–Crippen LogP) is 4.25. The molecule has 0 bridgehead atoms. The van der Waals surface area contributed by atoms with Crippen molar-refractivity contribution < 1.29 is 22.8 Å². The van der Waals surface area contributed by atoms with E-state index < -0.39 is 23.7 Å². The highest BCUT2D eigenvalue weighted by atomic mass is 19.4. The Labute approximate surface area is 188 Å². The van der Waals surface area contributed by atoms with E-state index in [0.29, 0.717) is 5.69 Å². The van der Waals surface area contributed by atoms with Crippen molar-refractivity contribution in [2.45, 2.75) is 58.9 Å². The second kappa shape index (κ2) is 8.17. The first-order valence-electron chi connectivity index (χ1n) is 10.6. The Morgan fingerprint density at radius 1 is 1.27 bits per heavy atom. The third kappa shape index (κ3) is 4.17. The van der Waals surface area contributed by atoms with E-state index >= 15 is 0 Å². The van der Waals surface area contributed by atoms with Crippen LogP contribution in [0.5, 0.6) is 0 Å². The number of aryl methyl sites for hydroxylation is 1. The van der Waals surface area contributed by atoms with Crippen molar-refractivity contribution in [3.63, 3.8) is 0 Å². The van der Waals surface area contributed by atoms with Crippen LogP contribution in [0.1, 0.15) is 49.2 Å². The summed E-state index contributed by atoms with van der Waals surface area (Å²) in [6.45, 7) is 6.43. The van der Waals surface area contributed by atoms with Gasteiger partial charge in [-0.2, -0.15) is 18.3 Å². The van der Waals surface area contributed by atoms with Crippen LogP contribution >= 0.6 is 0 Å². The van der Waals surface area contributed by atoms with Crippen LogP contribution in [-0.4, -0.2) is 37.5 Å². The molecule has 3 aromatic rings. The fourth-order valence-electron chi connectivity index (χ4n) is 4.00. The van der Waals surface area contributed by atoms with E-state index in [1.807, 2.05) is 12.1 Å². The molecule has 0 spiro atoms. The van der Waals surface area contributed by atoms with E-state index in [2.05, 4.69) is 15.4 Å². The molecule has 10 heteroatoms. The number of anilines is 1. The predicted molar refractivity (Wildman–Crippen MR) is 116 cm³/mol. The van der Waals surface area contributed by atoms with Gasteiger partial charge in [-0.3, -0.25) is 9.59 Å². The number of hydrogen-bond acceptors (Lipinski definition) is 4. The molecule has 1 aromatic carbocycles. The van der Waals surface area contributed by atoms with Crippen molar-refractivity contribution in [1.29, 1.82) is 0 Å². The minimum Gasteiger partial charge on any atom is -0.325 e. The number of nitrogens with zero attached hydrogens (tertiary/aromatic N) is 4. The first kappa shape index (κ1) is 22.8. The Balaban J connectivity index is 1.75. The fourth-order valence-corrected chi connectivity index (χ4v) is 4.00. The lowest BCUT2D eigenvalue weighted by atomic mass is 10.0. The normalized spacial score (nSPS) is 16.7. The molecule has 1 N–H and O–H groups in total. The number of alkyl halides is 3. The van der Waals surface area contributed by atoms with Crippen molar-refractivity contribution in [3.05, 3.63) is 52.8 Å². The smallest absolute Gasteiger partial charge is 0.325 e. The lowest BCUT2D eigenvalue weighted by Gasteiger charge is -2.26. The Morgan fingerprint density at radius 3 is 2.64 bits per heavy atom. The van der Waals surface area contributed by atoms with Gasteiger partial charge in [0.15, 0.2) is 5.65 Å². The second-order valence-corrected chi connectivity index (χ2v) is 8.53. The maximum absolute atomic E-state index is 13.8. The molecule has 33 heavy (non-hydrogen) atoms. The lowest BCUT2D eigenvalue weighted by Crippen LogP contribution is -2.44. The van der Waals surface area contributed by atoms with Crippen molar-refractivity contribution in [3.8, 4) is 0 Å². The fraction of sp³-hybridized carbons (Fsp3) is 0.391. The van der Waals surface area contributed by atoms with E-state index in [4.69, 9.17) is 0 Å². The van der Waals surface area contributed by atoms with Gasteiger partial charge in [0, 0.05) is 17.9 Å². The number of nitrogens with one attached hydrogen (secondary N) is 1. The summed E-state index contributed by atoms with van der Waals surface area (Å²) in [6.07, 6.45) is -4.59. The van der Waals surface area contributed by atoms with Crippen LogP contribution < -0.4 is 5.32 Å². The molecule has 7 nitrogen and oxygen atoms in total. The highest BCUT2D eigenvalue weighted by Gasteiger charge is 2.36. The van der Waals surface area contributed by atoms with Crippen LogP contribution in [0.2, 0.25) is 0 Å². The lowest BCUT2D eigenvalue weighted by molar-refractivity contribution is -0.139. The summed E-state index contributed by atoms with van der Waals surface area (Å²) in [4.78, 5) is 31.7. The Hall–Kier alpha value is -3.43. The van der Waals surface area contributed by atoms with Crippen molar-refractivity contribution in [2.24, 2.45) is 0 Å². The zero-order chi connectivity index (χ0) is 24.1. The summed E-state index contributed by atoms with van der Waals surface area (Å²) < 4.78 is 42.6. The molecule has 2 aromatic heterocycles. The summed E-state index contributed by atoms with van der Waals surface area (Å²) in [5.41, 5.74) is 0.989. The summed E-state index contributed by atoms with van der Waals surface area (Å²) in [5, 5.41) is 6.90. The van der Waals surface area contributed by atoms with E-state index in [1.165, 1.54) is 16.5 Å². The number of pyridine rings is 1. The molecule has 3 heterocycles. The molecule has 174 valence electrons. The van der Waals surface area contributed by atoms with Gasteiger partial charge in [0.25, 0.3) is 0 Å². The molecule has 0 fully saturated rings. The van der Waals surface area contributed by atoms with Gasteiger partial charge in [0.1, 0.15) is 12.6 Å². The molecule has 0 aliphatic carbocycles. The van der Waals surface area contributed by atoms with Gasteiger partial charge in [0.05, 0.1) is 16.6 Å². The van der Waals surface area contributed by atoms with E-state index in [1.54, 1.807) is 32.9 Å². The number of rotatable bonds is 3. The SMILES string of the molecule is Cc1nn(CC(=O)N2Cc3ccccc3NC(=O)C2C)c2nc(C(C)C)cc(C(F)(F)F)c12. The quantitative estimate of drug-likeness (QED) is 0.635. The van der Waals surface area contributed by atoms with Crippen LogP contribution in [0.3, 0.4) is 0 Å². The molecule has 0 radical (unpaired) electrons. The summed E-state index contributed by atoms with van der Waals surface area (Å²) in [5.74, 6) is -1.03. The van der Waals surface area contributed by atoms with Gasteiger partial charge < -0.3 is 10.2 Å². The average Bonchev–Trinajstić information content (AvgIpc) is 2.98. The van der Waals surface area contributed by atoms with Gasteiger partial charge in [0.2, 0.25) is 11.8 Å². The number of carbonyl (C=O) groups is 2. The zero-order valence-electron chi connectivity index (χ0n) is 18.7. The first-order valence-corrected chi connectivity index (χ1v) is 10.6. The number of aromatic nitrogens is 3. The van der Waals surface area contributed by atoms with E-state index in [9.17, 15) is 22.8 Å². The van der Waals surface area contributed by atoms with E-state index in [-0.39, 0.29) is 47.3 Å². The standard InChI is InChI=1S/C23H24F3N5O2/c1-12(2)18-9-16(23(24,25)26)20-13(3)29-31(21(20)27-18)11-19(32)30-10-15-7-5-6-8-17(15)28-22(33)14(30)4/h5-9,12,14H,10-11H2,1-4H3,(H,28,33). The number of carbonyl (C=O) groups excluding carboxylic acids is 2. The van der Waals surface area contributed by atoms with Crippen molar-refractivity contribution in [2.75, 3.05) is 5.32 Å². The largest absolute Gasteiger partial charge is 0.417 e. The summed E-state index contributed by atoms with van der Waals surface area (Å²) in [7, 11) is 0. The minimum absolute atomic E-state index is 0.00621. The monoisotopic (exact) mass is 459 g/mol. The Bertz CT molecular complexity index is 1250. The number of fused-ring (bicyclic) bond motifs is 2. The number of hydrogen-bond donors (Lipinski definition) is 1. The van der Waals surface area contributed by atoms with Crippen LogP contribution in [0.25, 0.3) is 11.0 Å². The van der Waals surface area contributed by atoms with Crippen LogP contribution in [0, 0.1) is 6.92 Å². The molecule has 0 saturated carbocycles. The van der Waals surface area contributed by atoms with Gasteiger partial charge >= 0.3 is 6.18 Å². The summed E-state index contributed by atoms with van der Waals surface area (Å²) >= 11 is 0. The first-order chi connectivity index (χ1) is 15.5. The molecular formula is C23H24F3N5O2. The second-order valence-electron chi connectivity index (χ2n) is 8.53. The highest BCUT2D eigenvalue weighted by molar-refractivity contribution is 5.98.